The zero-order valence-electron chi connectivity index (χ0n) is 13.1. The molecule has 0 radical (unpaired) electrons. The lowest BCUT2D eigenvalue weighted by Gasteiger charge is -2.30. The van der Waals surface area contributed by atoms with Crippen LogP contribution >= 0.6 is 11.6 Å². The second-order valence-electron chi connectivity index (χ2n) is 5.48. The van der Waals surface area contributed by atoms with E-state index in [2.05, 4.69) is 9.62 Å². The first-order valence-electron chi connectivity index (χ1n) is 7.73. The van der Waals surface area contributed by atoms with Crippen molar-refractivity contribution in [1.29, 1.82) is 0 Å². The summed E-state index contributed by atoms with van der Waals surface area (Å²) in [6.07, 6.45) is 0. The van der Waals surface area contributed by atoms with E-state index in [4.69, 9.17) is 16.3 Å². The van der Waals surface area contributed by atoms with Crippen LogP contribution in [0.5, 0.6) is 0 Å². The summed E-state index contributed by atoms with van der Waals surface area (Å²) in [5, 5.41) is 0.214. The van der Waals surface area contributed by atoms with Gasteiger partial charge in [-0.05, 0) is 23.8 Å². The van der Waals surface area contributed by atoms with Crippen LogP contribution in [-0.2, 0) is 21.3 Å². The molecule has 0 unspecified atom stereocenters. The van der Waals surface area contributed by atoms with Gasteiger partial charge in [-0.3, -0.25) is 0 Å². The van der Waals surface area contributed by atoms with E-state index in [0.29, 0.717) is 13.2 Å². The van der Waals surface area contributed by atoms with E-state index in [9.17, 15) is 8.42 Å². The van der Waals surface area contributed by atoms with E-state index in [1.54, 1.807) is 18.2 Å². The highest BCUT2D eigenvalue weighted by atomic mass is 35.5. The molecular formula is C17H19ClN2O3S. The molecule has 1 aliphatic heterocycles. The van der Waals surface area contributed by atoms with Crippen molar-refractivity contribution >= 4 is 27.3 Å². The molecule has 1 saturated heterocycles. The van der Waals surface area contributed by atoms with Crippen molar-refractivity contribution in [3.8, 4) is 0 Å². The highest BCUT2D eigenvalue weighted by Gasteiger charge is 2.19. The monoisotopic (exact) mass is 366 g/mol. The summed E-state index contributed by atoms with van der Waals surface area (Å²) in [4.78, 5) is 2.30. The number of para-hydroxylation sites is 1. The van der Waals surface area contributed by atoms with Gasteiger partial charge in [0.25, 0.3) is 0 Å². The largest absolute Gasteiger partial charge is 0.378 e. The molecule has 0 aliphatic carbocycles. The second-order valence-corrected chi connectivity index (χ2v) is 7.63. The molecular weight excluding hydrogens is 348 g/mol. The third-order valence-electron chi connectivity index (χ3n) is 3.92. The number of rotatable bonds is 5. The number of anilines is 1. The second kappa shape index (κ2) is 7.53. The third-order valence-corrected chi connectivity index (χ3v) is 5.82. The number of nitrogens with one attached hydrogen (secondary N) is 1. The minimum absolute atomic E-state index is 0.0931. The van der Waals surface area contributed by atoms with Gasteiger partial charge in [0.1, 0.15) is 4.90 Å². The highest BCUT2D eigenvalue weighted by molar-refractivity contribution is 7.89. The zero-order chi connectivity index (χ0) is 17.0. The molecule has 1 N–H and O–H groups in total. The molecule has 1 fully saturated rings. The smallest absolute Gasteiger partial charge is 0.242 e. The molecule has 24 heavy (non-hydrogen) atoms. The zero-order valence-corrected chi connectivity index (χ0v) is 14.7. The molecule has 3 rings (SSSR count). The summed E-state index contributed by atoms with van der Waals surface area (Å²) >= 11 is 6.00. The van der Waals surface area contributed by atoms with Gasteiger partial charge >= 0.3 is 0 Å². The van der Waals surface area contributed by atoms with E-state index >= 15 is 0 Å². The summed E-state index contributed by atoms with van der Waals surface area (Å²) in [5.74, 6) is 0. The number of halogens is 1. The van der Waals surface area contributed by atoms with Crippen LogP contribution in [-0.4, -0.2) is 34.7 Å². The Hall–Kier alpha value is -1.60. The summed E-state index contributed by atoms with van der Waals surface area (Å²) in [7, 11) is -3.66. The summed E-state index contributed by atoms with van der Waals surface area (Å²) in [5.41, 5.74) is 1.96. The van der Waals surface area contributed by atoms with Crippen LogP contribution in [0.4, 0.5) is 5.69 Å². The molecule has 0 saturated carbocycles. The van der Waals surface area contributed by atoms with Crippen molar-refractivity contribution in [3.63, 3.8) is 0 Å². The quantitative estimate of drug-likeness (QED) is 0.883. The maximum absolute atomic E-state index is 12.5. The molecule has 0 aromatic heterocycles. The van der Waals surface area contributed by atoms with Gasteiger partial charge in [-0.15, -0.1) is 0 Å². The number of ether oxygens (including phenoxy) is 1. The van der Waals surface area contributed by atoms with Crippen molar-refractivity contribution in [2.45, 2.75) is 11.4 Å². The fourth-order valence-corrected chi connectivity index (χ4v) is 4.21. The van der Waals surface area contributed by atoms with Crippen LogP contribution in [0.15, 0.2) is 53.4 Å². The third kappa shape index (κ3) is 3.89. The Kier molecular flexibility index (Phi) is 5.40. The Morgan fingerprint density at radius 2 is 1.71 bits per heavy atom. The van der Waals surface area contributed by atoms with Gasteiger partial charge in [-0.2, -0.15) is 0 Å². The lowest BCUT2D eigenvalue weighted by molar-refractivity contribution is 0.122. The number of sulfonamides is 1. The Labute approximate surface area is 147 Å². The van der Waals surface area contributed by atoms with Crippen molar-refractivity contribution < 1.29 is 13.2 Å². The molecule has 1 heterocycles. The Balaban J connectivity index is 1.78. The molecule has 0 bridgehead atoms. The first kappa shape index (κ1) is 17.2. The van der Waals surface area contributed by atoms with Crippen LogP contribution in [0, 0.1) is 0 Å². The first-order chi connectivity index (χ1) is 11.6. The highest BCUT2D eigenvalue weighted by Crippen LogP contribution is 2.24. The molecule has 0 spiro atoms. The first-order valence-corrected chi connectivity index (χ1v) is 9.59. The van der Waals surface area contributed by atoms with E-state index in [0.717, 1.165) is 24.3 Å². The van der Waals surface area contributed by atoms with Crippen molar-refractivity contribution in [2.24, 2.45) is 0 Å². The molecule has 2 aromatic carbocycles. The normalized spacial score (nSPS) is 15.5. The van der Waals surface area contributed by atoms with Gasteiger partial charge < -0.3 is 9.64 Å². The lowest BCUT2D eigenvalue weighted by atomic mass is 10.1. The molecule has 1 aliphatic rings. The van der Waals surface area contributed by atoms with Gasteiger partial charge in [-0.1, -0.05) is 41.9 Å². The molecule has 128 valence electrons. The average molecular weight is 367 g/mol. The van der Waals surface area contributed by atoms with Crippen LogP contribution < -0.4 is 9.62 Å². The maximum atomic E-state index is 12.5. The van der Waals surface area contributed by atoms with E-state index in [1.807, 2.05) is 24.3 Å². The molecule has 7 heteroatoms. The van der Waals surface area contributed by atoms with Gasteiger partial charge in [0.05, 0.1) is 18.2 Å². The van der Waals surface area contributed by atoms with Crippen molar-refractivity contribution in [1.82, 2.24) is 4.72 Å². The number of hydrogen-bond donors (Lipinski definition) is 1. The Morgan fingerprint density at radius 1 is 1.04 bits per heavy atom. The van der Waals surface area contributed by atoms with E-state index in [1.165, 1.54) is 6.07 Å². The van der Waals surface area contributed by atoms with Crippen LogP contribution in [0.2, 0.25) is 5.02 Å². The van der Waals surface area contributed by atoms with E-state index in [-0.39, 0.29) is 16.5 Å². The minimum atomic E-state index is -3.66. The topological polar surface area (TPSA) is 58.6 Å². The Morgan fingerprint density at radius 3 is 2.46 bits per heavy atom. The molecule has 2 aromatic rings. The summed E-state index contributed by atoms with van der Waals surface area (Å²) in [6, 6.07) is 14.2. The molecule has 0 amide bonds. The van der Waals surface area contributed by atoms with Gasteiger partial charge in [0.2, 0.25) is 10.0 Å². The lowest BCUT2D eigenvalue weighted by Crippen LogP contribution is -2.37. The van der Waals surface area contributed by atoms with Gasteiger partial charge in [-0.25, -0.2) is 13.1 Å². The number of morpholine rings is 1. The van der Waals surface area contributed by atoms with Crippen LogP contribution in [0.3, 0.4) is 0 Å². The summed E-state index contributed by atoms with van der Waals surface area (Å²) < 4.78 is 33.0. The summed E-state index contributed by atoms with van der Waals surface area (Å²) in [6.45, 7) is 3.17. The van der Waals surface area contributed by atoms with E-state index < -0.39 is 10.0 Å². The number of benzene rings is 2. The predicted octanol–water partition coefficient (Wildman–Crippen LogP) is 2.66. The Bertz CT molecular complexity index is 805. The van der Waals surface area contributed by atoms with Crippen LogP contribution in [0.25, 0.3) is 0 Å². The maximum Gasteiger partial charge on any atom is 0.242 e. The van der Waals surface area contributed by atoms with Crippen LogP contribution in [0.1, 0.15) is 5.56 Å². The molecule has 0 atom stereocenters. The average Bonchev–Trinajstić information content (AvgIpc) is 2.61. The van der Waals surface area contributed by atoms with Gasteiger partial charge in [0.15, 0.2) is 0 Å². The SMILES string of the molecule is O=S(=O)(NCc1ccccc1N1CCOCC1)c1ccccc1Cl. The predicted molar refractivity (Wildman–Crippen MR) is 95.0 cm³/mol. The number of hydrogen-bond acceptors (Lipinski definition) is 4. The molecule has 5 nitrogen and oxygen atoms in total. The van der Waals surface area contributed by atoms with Gasteiger partial charge in [0, 0.05) is 25.3 Å². The fourth-order valence-electron chi connectivity index (χ4n) is 2.69. The fraction of sp³-hybridized carbons (Fsp3) is 0.294. The minimum Gasteiger partial charge on any atom is -0.378 e. The van der Waals surface area contributed by atoms with Crippen molar-refractivity contribution in [2.75, 3.05) is 31.2 Å². The standard InChI is InChI=1S/C17H19ClN2O3S/c18-15-6-2-4-8-17(15)24(21,22)19-13-14-5-1-3-7-16(14)20-9-11-23-12-10-20/h1-8,19H,9-13H2. The number of nitrogens with zero attached hydrogens (tertiary/aromatic N) is 1. The van der Waals surface area contributed by atoms with Crippen molar-refractivity contribution in [3.05, 3.63) is 59.1 Å².